The van der Waals surface area contributed by atoms with E-state index in [0.717, 1.165) is 30.2 Å². The van der Waals surface area contributed by atoms with Crippen LogP contribution in [0.2, 0.25) is 10.0 Å². The molecule has 13 heteroatoms. The van der Waals surface area contributed by atoms with Crippen molar-refractivity contribution in [3.8, 4) is 0 Å². The molecule has 3 aromatic heterocycles. The van der Waals surface area contributed by atoms with Crippen LogP contribution in [0.5, 0.6) is 0 Å². The van der Waals surface area contributed by atoms with Crippen LogP contribution in [0.1, 0.15) is 29.5 Å². The summed E-state index contributed by atoms with van der Waals surface area (Å²) in [6.45, 7) is 7.18. The maximum atomic E-state index is 11.1. The molecule has 35 heavy (non-hydrogen) atoms. The van der Waals surface area contributed by atoms with E-state index >= 15 is 0 Å². The standard InChI is InChI=1S/C22H28Cl2N8O2S/c1-14-20(23)22(29-15(2)28-14)27-12-17-21(24)18(6-7-25-17)30(4)8-5-10-35-11-9-31-16(3)26-13-19(31)32(33)34/h6-7,13H,5,8-12H2,1-4H3,(H,27,28,29). The van der Waals surface area contributed by atoms with E-state index in [4.69, 9.17) is 23.2 Å². The molecule has 0 fully saturated rings. The van der Waals surface area contributed by atoms with Gasteiger partial charge in [0, 0.05) is 32.5 Å². The smallest absolute Gasteiger partial charge is 0.342 e. The molecule has 0 spiro atoms. The molecule has 0 aliphatic heterocycles. The van der Waals surface area contributed by atoms with Crippen LogP contribution in [0.4, 0.5) is 17.3 Å². The minimum atomic E-state index is -0.397. The van der Waals surface area contributed by atoms with Crippen LogP contribution in [0.15, 0.2) is 18.5 Å². The summed E-state index contributed by atoms with van der Waals surface area (Å²) in [6, 6.07) is 1.89. The summed E-state index contributed by atoms with van der Waals surface area (Å²) in [5, 5.41) is 15.4. The predicted octanol–water partition coefficient (Wildman–Crippen LogP) is 5.08. The fourth-order valence-corrected chi connectivity index (χ4v) is 4.86. The summed E-state index contributed by atoms with van der Waals surface area (Å²) in [7, 11) is 2.00. The molecule has 0 bridgehead atoms. The van der Waals surface area contributed by atoms with E-state index in [9.17, 15) is 10.1 Å². The van der Waals surface area contributed by atoms with Gasteiger partial charge in [0.05, 0.1) is 28.6 Å². The molecular weight excluding hydrogens is 511 g/mol. The maximum absolute atomic E-state index is 11.1. The van der Waals surface area contributed by atoms with E-state index < -0.39 is 4.92 Å². The normalized spacial score (nSPS) is 11.0. The Bertz CT molecular complexity index is 1190. The molecule has 0 radical (unpaired) electrons. The van der Waals surface area contributed by atoms with Crippen molar-refractivity contribution in [1.29, 1.82) is 0 Å². The second-order valence-corrected chi connectivity index (χ2v) is 9.90. The van der Waals surface area contributed by atoms with Crippen LogP contribution >= 0.6 is 35.0 Å². The number of nitrogens with zero attached hydrogens (tertiary/aromatic N) is 7. The summed E-state index contributed by atoms with van der Waals surface area (Å²) in [5.41, 5.74) is 2.31. The SMILES string of the molecule is Cc1nc(C)c(Cl)c(NCc2nccc(N(C)CCCSCCn3c([N+](=O)[O-])cnc3C)c2Cl)n1. The Morgan fingerprint density at radius 2 is 1.94 bits per heavy atom. The monoisotopic (exact) mass is 538 g/mol. The number of thioether (sulfide) groups is 1. The number of anilines is 2. The molecule has 1 N–H and O–H groups in total. The van der Waals surface area contributed by atoms with Crippen molar-refractivity contribution in [2.75, 3.05) is 35.3 Å². The number of pyridine rings is 1. The van der Waals surface area contributed by atoms with Gasteiger partial charge in [-0.15, -0.1) is 0 Å². The Morgan fingerprint density at radius 1 is 1.17 bits per heavy atom. The minimum Gasteiger partial charge on any atom is -0.373 e. The zero-order valence-corrected chi connectivity index (χ0v) is 22.4. The number of hydrogen-bond donors (Lipinski definition) is 1. The van der Waals surface area contributed by atoms with Crippen LogP contribution in [-0.2, 0) is 13.1 Å². The van der Waals surface area contributed by atoms with E-state index in [0.29, 0.717) is 52.0 Å². The number of aromatic nitrogens is 5. The topological polar surface area (TPSA) is 115 Å². The van der Waals surface area contributed by atoms with Crippen molar-refractivity contribution < 1.29 is 4.92 Å². The average molecular weight is 539 g/mol. The molecule has 3 rings (SSSR count). The second-order valence-electron chi connectivity index (χ2n) is 7.92. The van der Waals surface area contributed by atoms with E-state index in [1.807, 2.05) is 27.0 Å². The first-order valence-corrected chi connectivity index (χ1v) is 12.9. The van der Waals surface area contributed by atoms with Crippen molar-refractivity contribution >= 4 is 52.3 Å². The number of nitro groups is 1. The Hall–Kier alpha value is -2.63. The van der Waals surface area contributed by atoms with E-state index in [-0.39, 0.29) is 5.82 Å². The molecule has 3 heterocycles. The number of halogens is 2. The van der Waals surface area contributed by atoms with Gasteiger partial charge < -0.3 is 20.3 Å². The lowest BCUT2D eigenvalue weighted by atomic mass is 10.2. The lowest BCUT2D eigenvalue weighted by molar-refractivity contribution is -0.392. The highest BCUT2D eigenvalue weighted by Gasteiger charge is 2.17. The third-order valence-electron chi connectivity index (χ3n) is 5.37. The van der Waals surface area contributed by atoms with Crippen LogP contribution < -0.4 is 10.2 Å². The molecule has 0 aliphatic carbocycles. The van der Waals surface area contributed by atoms with Crippen molar-refractivity contribution in [1.82, 2.24) is 24.5 Å². The summed E-state index contributed by atoms with van der Waals surface area (Å²) >= 11 is 14.7. The van der Waals surface area contributed by atoms with Gasteiger partial charge >= 0.3 is 5.82 Å². The van der Waals surface area contributed by atoms with E-state index in [1.165, 1.54) is 6.20 Å². The van der Waals surface area contributed by atoms with Crippen LogP contribution in [0.25, 0.3) is 0 Å². The predicted molar refractivity (Wildman–Crippen MR) is 142 cm³/mol. The highest BCUT2D eigenvalue weighted by atomic mass is 35.5. The van der Waals surface area contributed by atoms with Gasteiger partial charge in [-0.1, -0.05) is 23.2 Å². The largest absolute Gasteiger partial charge is 0.373 e. The first-order valence-electron chi connectivity index (χ1n) is 11.0. The highest BCUT2D eigenvalue weighted by Crippen LogP contribution is 2.29. The van der Waals surface area contributed by atoms with Crippen molar-refractivity contribution in [2.24, 2.45) is 0 Å². The Morgan fingerprint density at radius 3 is 2.69 bits per heavy atom. The summed E-state index contributed by atoms with van der Waals surface area (Å²) < 4.78 is 1.64. The number of nitrogens with one attached hydrogen (secondary N) is 1. The summed E-state index contributed by atoms with van der Waals surface area (Å²) in [6.07, 6.45) is 3.98. The second kappa shape index (κ2) is 12.4. The first-order chi connectivity index (χ1) is 16.7. The molecule has 0 amide bonds. The highest BCUT2D eigenvalue weighted by molar-refractivity contribution is 7.99. The number of rotatable bonds is 12. The number of aryl methyl sites for hydroxylation is 3. The lowest BCUT2D eigenvalue weighted by Crippen LogP contribution is -2.20. The zero-order valence-electron chi connectivity index (χ0n) is 20.1. The molecule has 10 nitrogen and oxygen atoms in total. The summed E-state index contributed by atoms with van der Waals surface area (Å²) in [4.78, 5) is 29.9. The molecule has 0 unspecified atom stereocenters. The Labute approximate surface area is 218 Å². The quantitative estimate of drug-likeness (QED) is 0.191. The number of imidazole rings is 1. The number of hydrogen-bond acceptors (Lipinski definition) is 9. The van der Waals surface area contributed by atoms with Crippen molar-refractivity contribution in [3.63, 3.8) is 0 Å². The van der Waals surface area contributed by atoms with Gasteiger partial charge in [0.1, 0.15) is 29.4 Å². The fraction of sp³-hybridized carbons (Fsp3) is 0.455. The molecule has 188 valence electrons. The molecule has 0 atom stereocenters. The molecule has 0 aliphatic rings. The van der Waals surface area contributed by atoms with Gasteiger partial charge in [-0.05, 0) is 37.0 Å². The van der Waals surface area contributed by atoms with Crippen molar-refractivity contribution in [3.05, 3.63) is 61.7 Å². The summed E-state index contributed by atoms with van der Waals surface area (Å²) in [5.74, 6) is 3.58. The maximum Gasteiger partial charge on any atom is 0.342 e. The van der Waals surface area contributed by atoms with Gasteiger partial charge in [-0.2, -0.15) is 11.8 Å². The van der Waals surface area contributed by atoms with Crippen LogP contribution in [-0.4, -0.2) is 54.5 Å². The zero-order chi connectivity index (χ0) is 25.5. The van der Waals surface area contributed by atoms with Crippen LogP contribution in [0, 0.1) is 30.9 Å². The molecule has 0 saturated heterocycles. The Balaban J connectivity index is 1.49. The Kier molecular flexibility index (Phi) is 9.53. The molecular formula is C22H28Cl2N8O2S. The average Bonchev–Trinajstić information content (AvgIpc) is 3.18. The minimum absolute atomic E-state index is 0.0349. The molecule has 3 aromatic rings. The van der Waals surface area contributed by atoms with E-state index in [2.05, 4.69) is 30.2 Å². The molecule has 0 aromatic carbocycles. The molecule has 0 saturated carbocycles. The lowest BCUT2D eigenvalue weighted by Gasteiger charge is -2.21. The first kappa shape index (κ1) is 27.0. The third kappa shape index (κ3) is 6.96. The van der Waals surface area contributed by atoms with Gasteiger partial charge in [0.2, 0.25) is 0 Å². The van der Waals surface area contributed by atoms with Gasteiger partial charge in [-0.25, -0.2) is 19.5 Å². The van der Waals surface area contributed by atoms with Gasteiger partial charge in [-0.3, -0.25) is 4.98 Å². The van der Waals surface area contributed by atoms with E-state index in [1.54, 1.807) is 29.4 Å². The fourth-order valence-electron chi connectivity index (χ4n) is 3.54. The van der Waals surface area contributed by atoms with Crippen LogP contribution in [0.3, 0.4) is 0 Å². The van der Waals surface area contributed by atoms with Gasteiger partial charge in [0.15, 0.2) is 5.82 Å². The van der Waals surface area contributed by atoms with Gasteiger partial charge in [0.25, 0.3) is 0 Å². The third-order valence-corrected chi connectivity index (χ3v) is 7.28. The van der Waals surface area contributed by atoms with Crippen molar-refractivity contribution in [2.45, 2.75) is 40.3 Å².